The largest absolute Gasteiger partial charge is 0.354 e. The highest BCUT2D eigenvalue weighted by molar-refractivity contribution is 7.91. The van der Waals surface area contributed by atoms with E-state index in [9.17, 15) is 13.2 Å². The molecule has 1 aliphatic rings. The van der Waals surface area contributed by atoms with Crippen LogP contribution in [0.15, 0.2) is 17.5 Å². The van der Waals surface area contributed by atoms with Gasteiger partial charge in [-0.15, -0.1) is 11.3 Å². The highest BCUT2D eigenvalue weighted by Crippen LogP contribution is 2.19. The fraction of sp³-hybridized carbons (Fsp3) is 0.545. The highest BCUT2D eigenvalue weighted by Gasteiger charge is 2.28. The lowest BCUT2D eigenvalue weighted by molar-refractivity contribution is -0.122. The Morgan fingerprint density at radius 2 is 2.39 bits per heavy atom. The summed E-state index contributed by atoms with van der Waals surface area (Å²) in [4.78, 5) is 12.6. The van der Waals surface area contributed by atoms with E-state index in [2.05, 4.69) is 5.32 Å². The van der Waals surface area contributed by atoms with E-state index in [1.54, 1.807) is 0 Å². The van der Waals surface area contributed by atoms with E-state index < -0.39 is 15.9 Å². The van der Waals surface area contributed by atoms with Crippen molar-refractivity contribution in [2.45, 2.75) is 12.5 Å². The first-order valence-corrected chi connectivity index (χ1v) is 8.45. The van der Waals surface area contributed by atoms with Crippen molar-refractivity contribution in [3.63, 3.8) is 0 Å². The summed E-state index contributed by atoms with van der Waals surface area (Å²) in [6.45, 7) is 0.386. The Balaban J connectivity index is 1.82. The van der Waals surface area contributed by atoms with Crippen LogP contribution in [-0.2, 0) is 14.6 Å². The first-order valence-electron chi connectivity index (χ1n) is 5.75. The fourth-order valence-corrected chi connectivity index (χ4v) is 4.57. The predicted molar refractivity (Wildman–Crippen MR) is 71.0 cm³/mol. The Hall–Kier alpha value is -0.920. The monoisotopic (exact) mass is 288 g/mol. The second-order valence-electron chi connectivity index (χ2n) is 4.51. The third kappa shape index (κ3) is 3.30. The molecule has 100 valence electrons. The molecule has 2 rings (SSSR count). The number of hydrogen-bond acceptors (Lipinski definition) is 5. The molecule has 2 atom stereocenters. The third-order valence-electron chi connectivity index (χ3n) is 3.02. The van der Waals surface area contributed by atoms with Crippen LogP contribution in [0.1, 0.15) is 17.3 Å². The lowest BCUT2D eigenvalue weighted by Crippen LogP contribution is -2.36. The van der Waals surface area contributed by atoms with E-state index in [1.165, 1.54) is 11.3 Å². The van der Waals surface area contributed by atoms with E-state index in [0.717, 1.165) is 4.88 Å². The maximum Gasteiger partial charge on any atom is 0.242 e. The van der Waals surface area contributed by atoms with E-state index in [0.29, 0.717) is 13.0 Å². The van der Waals surface area contributed by atoms with Crippen molar-refractivity contribution in [3.8, 4) is 0 Å². The van der Waals surface area contributed by atoms with Gasteiger partial charge in [-0.1, -0.05) is 6.07 Å². The zero-order valence-corrected chi connectivity index (χ0v) is 11.5. The van der Waals surface area contributed by atoms with Crippen molar-refractivity contribution in [2.75, 3.05) is 18.1 Å². The quantitative estimate of drug-likeness (QED) is 0.834. The van der Waals surface area contributed by atoms with Gasteiger partial charge in [0.1, 0.15) is 6.04 Å². The van der Waals surface area contributed by atoms with Gasteiger partial charge in [0.15, 0.2) is 9.84 Å². The van der Waals surface area contributed by atoms with Gasteiger partial charge in [0.25, 0.3) is 0 Å². The number of carbonyl (C=O) groups excluding carboxylic acids is 1. The molecule has 0 bridgehead atoms. The normalized spacial score (nSPS) is 23.7. The Kier molecular flexibility index (Phi) is 4.04. The lowest BCUT2D eigenvalue weighted by Gasteiger charge is -2.13. The highest BCUT2D eigenvalue weighted by atomic mass is 32.2. The van der Waals surface area contributed by atoms with Gasteiger partial charge in [-0.2, -0.15) is 0 Å². The van der Waals surface area contributed by atoms with E-state index in [-0.39, 0.29) is 23.3 Å². The Morgan fingerprint density at radius 3 is 2.94 bits per heavy atom. The number of nitrogens with two attached hydrogens (primary N) is 1. The van der Waals surface area contributed by atoms with Gasteiger partial charge in [-0.25, -0.2) is 8.42 Å². The summed E-state index contributed by atoms with van der Waals surface area (Å²) >= 11 is 1.44. The summed E-state index contributed by atoms with van der Waals surface area (Å²) in [5, 5.41) is 4.60. The van der Waals surface area contributed by atoms with Crippen LogP contribution < -0.4 is 11.1 Å². The number of nitrogens with one attached hydrogen (secondary N) is 1. The van der Waals surface area contributed by atoms with E-state index in [1.807, 2.05) is 17.5 Å². The number of rotatable bonds is 4. The van der Waals surface area contributed by atoms with Gasteiger partial charge >= 0.3 is 0 Å². The van der Waals surface area contributed by atoms with Crippen molar-refractivity contribution >= 4 is 27.1 Å². The summed E-state index contributed by atoms with van der Waals surface area (Å²) in [6, 6.07) is 2.99. The van der Waals surface area contributed by atoms with Crippen LogP contribution in [0.4, 0.5) is 0 Å². The molecule has 2 heterocycles. The minimum atomic E-state index is -2.89. The van der Waals surface area contributed by atoms with E-state index >= 15 is 0 Å². The third-order valence-corrected chi connectivity index (χ3v) is 5.82. The van der Waals surface area contributed by atoms with Crippen molar-refractivity contribution in [1.29, 1.82) is 0 Å². The minimum Gasteiger partial charge on any atom is -0.354 e. The second kappa shape index (κ2) is 5.38. The van der Waals surface area contributed by atoms with E-state index in [4.69, 9.17) is 5.73 Å². The fourth-order valence-electron chi connectivity index (χ4n) is 1.99. The second-order valence-corrected chi connectivity index (χ2v) is 7.72. The van der Waals surface area contributed by atoms with Gasteiger partial charge in [0.05, 0.1) is 11.5 Å². The zero-order chi connectivity index (χ0) is 13.2. The summed E-state index contributed by atoms with van der Waals surface area (Å²) < 4.78 is 22.5. The molecule has 0 spiro atoms. The van der Waals surface area contributed by atoms with Crippen LogP contribution in [0.2, 0.25) is 0 Å². The smallest absolute Gasteiger partial charge is 0.242 e. The van der Waals surface area contributed by atoms with Crippen molar-refractivity contribution in [2.24, 2.45) is 11.7 Å². The molecule has 1 saturated heterocycles. The van der Waals surface area contributed by atoms with Crippen LogP contribution in [0.3, 0.4) is 0 Å². The van der Waals surface area contributed by atoms with Gasteiger partial charge in [0, 0.05) is 11.4 Å². The zero-order valence-electron chi connectivity index (χ0n) is 9.83. The Labute approximate surface area is 110 Å². The Bertz CT molecular complexity index is 510. The number of sulfone groups is 1. The molecular weight excluding hydrogens is 272 g/mol. The summed E-state index contributed by atoms with van der Waals surface area (Å²) in [5.41, 5.74) is 5.80. The molecule has 0 aromatic carbocycles. The van der Waals surface area contributed by atoms with Crippen LogP contribution >= 0.6 is 11.3 Å². The van der Waals surface area contributed by atoms with Crippen molar-refractivity contribution < 1.29 is 13.2 Å². The molecule has 3 N–H and O–H groups in total. The Morgan fingerprint density at radius 1 is 1.61 bits per heavy atom. The first kappa shape index (κ1) is 13.5. The molecule has 1 aromatic rings. The molecule has 5 nitrogen and oxygen atoms in total. The number of carbonyl (C=O) groups is 1. The molecule has 0 radical (unpaired) electrons. The van der Waals surface area contributed by atoms with Crippen molar-refractivity contribution in [3.05, 3.63) is 22.4 Å². The standard InChI is InChI=1S/C11H16N2O3S2/c12-10(9-2-1-4-17-9)11(14)13-6-8-3-5-18(15,16)7-8/h1-2,4,8,10H,3,5-7,12H2,(H,13,14). The van der Waals surface area contributed by atoms with Crippen LogP contribution in [0, 0.1) is 5.92 Å². The molecule has 1 aromatic heterocycles. The number of thiophene rings is 1. The average molecular weight is 288 g/mol. The number of hydrogen-bond donors (Lipinski definition) is 2. The average Bonchev–Trinajstić information content (AvgIpc) is 2.94. The van der Waals surface area contributed by atoms with Gasteiger partial charge in [0.2, 0.25) is 5.91 Å². The van der Waals surface area contributed by atoms with Crippen LogP contribution in [0.25, 0.3) is 0 Å². The van der Waals surface area contributed by atoms with Gasteiger partial charge in [-0.3, -0.25) is 4.79 Å². The SMILES string of the molecule is NC(C(=O)NCC1CCS(=O)(=O)C1)c1cccs1. The molecule has 0 aliphatic carbocycles. The molecule has 1 fully saturated rings. The molecule has 18 heavy (non-hydrogen) atoms. The first-order chi connectivity index (χ1) is 8.48. The minimum absolute atomic E-state index is 0.0227. The predicted octanol–water partition coefficient (Wildman–Crippen LogP) is 0.299. The molecule has 1 aliphatic heterocycles. The summed E-state index contributed by atoms with van der Waals surface area (Å²) in [5.74, 6) is 0.169. The van der Waals surface area contributed by atoms with Gasteiger partial charge in [-0.05, 0) is 23.8 Å². The summed E-state index contributed by atoms with van der Waals surface area (Å²) in [7, 11) is -2.89. The topological polar surface area (TPSA) is 89.3 Å². The number of amides is 1. The van der Waals surface area contributed by atoms with Crippen LogP contribution in [-0.4, -0.2) is 32.4 Å². The lowest BCUT2D eigenvalue weighted by atomic mass is 10.1. The maximum absolute atomic E-state index is 11.8. The maximum atomic E-state index is 11.8. The van der Waals surface area contributed by atoms with Gasteiger partial charge < -0.3 is 11.1 Å². The van der Waals surface area contributed by atoms with Crippen LogP contribution in [0.5, 0.6) is 0 Å². The van der Waals surface area contributed by atoms with Crippen molar-refractivity contribution in [1.82, 2.24) is 5.32 Å². The molecular formula is C11H16N2O3S2. The summed E-state index contributed by atoms with van der Waals surface area (Å²) in [6.07, 6.45) is 0.622. The molecule has 2 unspecified atom stereocenters. The molecule has 1 amide bonds. The molecule has 7 heteroatoms. The molecule has 0 saturated carbocycles.